The molecule has 1 heterocycles. The van der Waals surface area contributed by atoms with Gasteiger partial charge in [-0.25, -0.2) is 4.39 Å². The van der Waals surface area contributed by atoms with Crippen LogP contribution in [-0.4, -0.2) is 39.9 Å². The van der Waals surface area contributed by atoms with Crippen molar-refractivity contribution in [1.82, 2.24) is 4.90 Å². The largest absolute Gasteiger partial charge is 0.395 e. The third-order valence-corrected chi connectivity index (χ3v) is 3.45. The molecule has 2 amide bonds. The molecule has 10 heteroatoms. The Morgan fingerprint density at radius 3 is 2.68 bits per heavy atom. The minimum absolute atomic E-state index is 0.102. The van der Waals surface area contributed by atoms with Crippen LogP contribution in [0.4, 0.5) is 15.8 Å². The zero-order valence-corrected chi connectivity index (χ0v) is 12.5. The highest BCUT2D eigenvalue weighted by Crippen LogP contribution is 2.32. The van der Waals surface area contributed by atoms with E-state index < -0.39 is 34.8 Å². The molecule has 1 aliphatic rings. The number of carbonyl (C=O) groups excluding carboxylic acids is 2. The van der Waals surface area contributed by atoms with Crippen molar-refractivity contribution in [2.24, 2.45) is 0 Å². The van der Waals surface area contributed by atoms with E-state index in [0.717, 1.165) is 23.1 Å². The number of carbonyl (C=O) groups is 2. The lowest BCUT2D eigenvalue weighted by Gasteiger charge is -2.13. The normalized spacial score (nSPS) is 14.3. The van der Waals surface area contributed by atoms with E-state index >= 15 is 0 Å². The number of hydrogen-bond donors (Lipinski definition) is 2. The van der Waals surface area contributed by atoms with Gasteiger partial charge in [-0.1, -0.05) is 0 Å². The fourth-order valence-corrected chi connectivity index (χ4v) is 2.17. The summed E-state index contributed by atoms with van der Waals surface area (Å²) in [5.41, 5.74) is -0.956. The number of β-amino-alcohol motifs (C(OH)–C–C–N with tert-alkyl or cyclic N) is 1. The molecule has 2 N–H and O–H groups in total. The average Bonchev–Trinajstić information content (AvgIpc) is 2.70. The minimum Gasteiger partial charge on any atom is -0.395 e. The van der Waals surface area contributed by atoms with Gasteiger partial charge in [0.2, 0.25) is 0 Å². The zero-order valence-electron chi connectivity index (χ0n) is 10.9. The highest BCUT2D eigenvalue weighted by atomic mass is 79.9. The number of nitrogens with one attached hydrogen (secondary N) is 1. The summed E-state index contributed by atoms with van der Waals surface area (Å²) in [6.45, 7) is -0.609. The maximum Gasteiger partial charge on any atom is 0.294 e. The number of aliphatic hydroxyl groups excluding tert-OH is 1. The van der Waals surface area contributed by atoms with Crippen molar-refractivity contribution in [2.75, 3.05) is 18.5 Å². The molecule has 8 nitrogen and oxygen atoms in total. The molecule has 1 aliphatic heterocycles. The second-order valence-corrected chi connectivity index (χ2v) is 5.10. The summed E-state index contributed by atoms with van der Waals surface area (Å²) in [4.78, 5) is 34.5. The van der Waals surface area contributed by atoms with Gasteiger partial charge in [-0.15, -0.1) is 0 Å². The summed E-state index contributed by atoms with van der Waals surface area (Å²) < 4.78 is 13.4. The fourth-order valence-electron chi connectivity index (χ4n) is 1.84. The van der Waals surface area contributed by atoms with Crippen molar-refractivity contribution in [3.63, 3.8) is 0 Å². The lowest BCUT2D eigenvalue weighted by Crippen LogP contribution is -2.34. The van der Waals surface area contributed by atoms with Gasteiger partial charge >= 0.3 is 0 Å². The SMILES string of the molecule is O=C1C=C(Nc2cc(F)c(Br)cc2[N+](=O)[O-])C(=O)N1CCO. The molecule has 0 saturated carbocycles. The number of halogens is 2. The lowest BCUT2D eigenvalue weighted by atomic mass is 10.2. The van der Waals surface area contributed by atoms with Crippen LogP contribution in [0.2, 0.25) is 0 Å². The summed E-state index contributed by atoms with van der Waals surface area (Å²) in [5, 5.41) is 22.2. The van der Waals surface area contributed by atoms with E-state index in [0.29, 0.717) is 0 Å². The maximum absolute atomic E-state index is 13.5. The van der Waals surface area contributed by atoms with Gasteiger partial charge < -0.3 is 10.4 Å². The molecule has 0 aliphatic carbocycles. The van der Waals surface area contributed by atoms with Gasteiger partial charge in [0.05, 0.1) is 22.5 Å². The van der Waals surface area contributed by atoms with Crippen LogP contribution in [0, 0.1) is 15.9 Å². The van der Waals surface area contributed by atoms with Crippen LogP contribution >= 0.6 is 15.9 Å². The maximum atomic E-state index is 13.5. The number of rotatable bonds is 5. The molecule has 0 atom stereocenters. The number of nitrogens with zero attached hydrogens (tertiary/aromatic N) is 2. The summed E-state index contributed by atoms with van der Waals surface area (Å²) >= 11 is 2.83. The van der Waals surface area contributed by atoms with E-state index in [2.05, 4.69) is 21.2 Å². The van der Waals surface area contributed by atoms with E-state index in [4.69, 9.17) is 5.11 Å². The first-order valence-electron chi connectivity index (χ1n) is 5.94. The van der Waals surface area contributed by atoms with Gasteiger partial charge in [-0.2, -0.15) is 0 Å². The van der Waals surface area contributed by atoms with Gasteiger partial charge in [0, 0.05) is 18.2 Å². The molecule has 0 radical (unpaired) electrons. The van der Waals surface area contributed by atoms with Crippen molar-refractivity contribution in [2.45, 2.75) is 0 Å². The molecular weight excluding hydrogens is 365 g/mol. The molecule has 1 aromatic carbocycles. The Labute approximate surface area is 131 Å². The number of aliphatic hydroxyl groups is 1. The first-order valence-corrected chi connectivity index (χ1v) is 6.73. The summed E-state index contributed by atoms with van der Waals surface area (Å²) in [5.74, 6) is -2.18. The molecule has 2 rings (SSSR count). The fraction of sp³-hybridized carbons (Fsp3) is 0.167. The second kappa shape index (κ2) is 6.20. The van der Waals surface area contributed by atoms with E-state index in [1.165, 1.54) is 0 Å². The van der Waals surface area contributed by atoms with E-state index in [1.54, 1.807) is 0 Å². The van der Waals surface area contributed by atoms with Crippen molar-refractivity contribution >= 4 is 39.1 Å². The Bertz CT molecular complexity index is 706. The molecular formula is C12H9BrFN3O5. The Morgan fingerprint density at radius 2 is 2.09 bits per heavy atom. The number of hydrogen-bond acceptors (Lipinski definition) is 6. The summed E-state index contributed by atoms with van der Waals surface area (Å²) in [6, 6.07) is 1.79. The van der Waals surface area contributed by atoms with Crippen molar-refractivity contribution in [3.05, 3.63) is 44.3 Å². The Hall–Kier alpha value is -2.33. The highest BCUT2D eigenvalue weighted by molar-refractivity contribution is 9.10. The molecule has 1 aromatic rings. The molecule has 0 fully saturated rings. The molecule has 0 aromatic heterocycles. The van der Waals surface area contributed by atoms with E-state index in [1.807, 2.05) is 0 Å². The number of amides is 2. The third-order valence-electron chi connectivity index (χ3n) is 2.84. The predicted octanol–water partition coefficient (Wildman–Crippen LogP) is 1.15. The van der Waals surface area contributed by atoms with Crippen LogP contribution in [0.1, 0.15) is 0 Å². The van der Waals surface area contributed by atoms with Gasteiger partial charge in [0.15, 0.2) is 0 Å². The van der Waals surface area contributed by atoms with Gasteiger partial charge in [-0.05, 0) is 15.9 Å². The Kier molecular flexibility index (Phi) is 4.52. The van der Waals surface area contributed by atoms with Crippen LogP contribution in [0.3, 0.4) is 0 Å². The second-order valence-electron chi connectivity index (χ2n) is 4.24. The van der Waals surface area contributed by atoms with Gasteiger partial charge in [0.25, 0.3) is 17.5 Å². The first-order chi connectivity index (χ1) is 10.3. The van der Waals surface area contributed by atoms with Crippen LogP contribution < -0.4 is 5.32 Å². The van der Waals surface area contributed by atoms with Crippen LogP contribution in [0.5, 0.6) is 0 Å². The third kappa shape index (κ3) is 2.97. The number of nitro benzene ring substituents is 1. The highest BCUT2D eigenvalue weighted by Gasteiger charge is 2.32. The van der Waals surface area contributed by atoms with Crippen LogP contribution in [-0.2, 0) is 9.59 Å². The lowest BCUT2D eigenvalue weighted by molar-refractivity contribution is -0.384. The molecule has 22 heavy (non-hydrogen) atoms. The Morgan fingerprint density at radius 1 is 1.41 bits per heavy atom. The number of anilines is 1. The number of imide groups is 1. The summed E-state index contributed by atoms with van der Waals surface area (Å²) in [6.07, 6.45) is 0.932. The van der Waals surface area contributed by atoms with Crippen LogP contribution in [0.25, 0.3) is 0 Å². The topological polar surface area (TPSA) is 113 Å². The minimum atomic E-state index is -0.766. The van der Waals surface area contributed by atoms with Crippen molar-refractivity contribution < 1.29 is 24.0 Å². The molecule has 0 bridgehead atoms. The average molecular weight is 374 g/mol. The standard InChI is InChI=1S/C12H9BrFN3O5/c13-6-3-10(17(21)22)8(4-7(6)14)15-9-5-11(19)16(1-2-18)12(9)20/h3-5,15,18H,1-2H2. The first kappa shape index (κ1) is 16.0. The zero-order chi connectivity index (χ0) is 16.4. The smallest absolute Gasteiger partial charge is 0.294 e. The number of benzene rings is 1. The number of nitro groups is 1. The molecule has 0 spiro atoms. The van der Waals surface area contributed by atoms with Crippen LogP contribution in [0.15, 0.2) is 28.4 Å². The molecule has 116 valence electrons. The van der Waals surface area contributed by atoms with E-state index in [9.17, 15) is 24.1 Å². The molecule has 0 saturated heterocycles. The molecule has 0 unspecified atom stereocenters. The van der Waals surface area contributed by atoms with Gasteiger partial charge in [-0.3, -0.25) is 24.6 Å². The quantitative estimate of drug-likeness (QED) is 0.454. The summed E-state index contributed by atoms with van der Waals surface area (Å²) in [7, 11) is 0. The van der Waals surface area contributed by atoms with E-state index in [-0.39, 0.29) is 22.4 Å². The van der Waals surface area contributed by atoms with Gasteiger partial charge in [0.1, 0.15) is 17.2 Å². The van der Waals surface area contributed by atoms with Crippen molar-refractivity contribution in [3.8, 4) is 0 Å². The predicted molar refractivity (Wildman–Crippen MR) is 76.3 cm³/mol. The van der Waals surface area contributed by atoms with Crippen molar-refractivity contribution in [1.29, 1.82) is 0 Å². The monoisotopic (exact) mass is 373 g/mol. The Balaban J connectivity index is 2.34.